The van der Waals surface area contributed by atoms with Crippen molar-refractivity contribution in [2.24, 2.45) is 5.73 Å². The van der Waals surface area contributed by atoms with Gasteiger partial charge in [-0.3, -0.25) is 15.0 Å². The molecule has 1 rings (SSSR count). The van der Waals surface area contributed by atoms with Crippen molar-refractivity contribution < 1.29 is 9.59 Å². The lowest BCUT2D eigenvalue weighted by molar-refractivity contribution is -0.132. The van der Waals surface area contributed by atoms with Crippen LogP contribution in [0.5, 0.6) is 0 Å². The minimum atomic E-state index is -0.636. The van der Waals surface area contributed by atoms with E-state index in [0.29, 0.717) is 19.4 Å². The molecular formula is C18H31N5O2. The Morgan fingerprint density at radius 1 is 1.08 bits per heavy atom. The van der Waals surface area contributed by atoms with Crippen LogP contribution in [0.4, 0.5) is 0 Å². The van der Waals surface area contributed by atoms with Crippen LogP contribution in [0.15, 0.2) is 30.3 Å². The second-order valence-electron chi connectivity index (χ2n) is 6.25. The molecule has 0 spiro atoms. The van der Waals surface area contributed by atoms with Crippen LogP contribution in [-0.4, -0.2) is 56.6 Å². The molecule has 25 heavy (non-hydrogen) atoms. The second kappa shape index (κ2) is 11.6. The van der Waals surface area contributed by atoms with Crippen LogP contribution in [-0.2, 0) is 16.0 Å². The van der Waals surface area contributed by atoms with Gasteiger partial charge in [0.15, 0.2) is 0 Å². The van der Waals surface area contributed by atoms with Gasteiger partial charge >= 0.3 is 0 Å². The van der Waals surface area contributed by atoms with E-state index in [1.54, 1.807) is 26.2 Å². The molecule has 0 bridgehead atoms. The third-order valence-corrected chi connectivity index (χ3v) is 3.86. The number of hydrazine groups is 1. The van der Waals surface area contributed by atoms with Gasteiger partial charge in [0.2, 0.25) is 5.91 Å². The van der Waals surface area contributed by atoms with E-state index in [0.717, 1.165) is 18.4 Å². The van der Waals surface area contributed by atoms with E-state index in [9.17, 15) is 9.59 Å². The van der Waals surface area contributed by atoms with Gasteiger partial charge in [0.05, 0.1) is 6.04 Å². The lowest BCUT2D eigenvalue weighted by Crippen LogP contribution is -2.55. The standard InChI is InChI=1S/C18H31N5O2/c1-20-15(11-7-8-12-19)17(24)21-16(18(25)22-23(2)3)13-14-9-5-4-6-10-14/h4-6,9-10,15-16,20H,7-8,11-13,19H2,1-3H3,(H,21,24)(H,22,25). The van der Waals surface area contributed by atoms with E-state index in [1.807, 2.05) is 30.3 Å². The van der Waals surface area contributed by atoms with Gasteiger partial charge in [-0.05, 0) is 32.0 Å². The maximum atomic E-state index is 12.6. The van der Waals surface area contributed by atoms with Crippen LogP contribution in [0.3, 0.4) is 0 Å². The number of carbonyl (C=O) groups excluding carboxylic acids is 2. The van der Waals surface area contributed by atoms with Crippen molar-refractivity contribution in [3.05, 3.63) is 35.9 Å². The van der Waals surface area contributed by atoms with E-state index < -0.39 is 6.04 Å². The van der Waals surface area contributed by atoms with Gasteiger partial charge < -0.3 is 16.4 Å². The number of nitrogens with one attached hydrogen (secondary N) is 3. The molecule has 2 atom stereocenters. The van der Waals surface area contributed by atoms with Crippen molar-refractivity contribution in [1.82, 2.24) is 21.1 Å². The largest absolute Gasteiger partial charge is 0.343 e. The van der Waals surface area contributed by atoms with Crippen molar-refractivity contribution in [2.45, 2.75) is 37.8 Å². The minimum absolute atomic E-state index is 0.172. The summed E-state index contributed by atoms with van der Waals surface area (Å²) in [5.41, 5.74) is 9.22. The monoisotopic (exact) mass is 349 g/mol. The number of amides is 2. The summed E-state index contributed by atoms with van der Waals surface area (Å²) in [6.07, 6.45) is 2.86. The van der Waals surface area contributed by atoms with Crippen molar-refractivity contribution >= 4 is 11.8 Å². The zero-order valence-electron chi connectivity index (χ0n) is 15.4. The van der Waals surface area contributed by atoms with E-state index in [-0.39, 0.29) is 17.9 Å². The highest BCUT2D eigenvalue weighted by Crippen LogP contribution is 2.06. The summed E-state index contributed by atoms with van der Waals surface area (Å²) in [5.74, 6) is -0.409. The van der Waals surface area contributed by atoms with E-state index in [4.69, 9.17) is 5.73 Å². The molecule has 0 saturated heterocycles. The molecule has 0 aliphatic carbocycles. The second-order valence-corrected chi connectivity index (χ2v) is 6.25. The predicted molar refractivity (Wildman–Crippen MR) is 99.7 cm³/mol. The maximum Gasteiger partial charge on any atom is 0.257 e. The molecule has 1 aromatic rings. The molecule has 2 amide bonds. The van der Waals surface area contributed by atoms with Gasteiger partial charge in [-0.25, -0.2) is 5.01 Å². The van der Waals surface area contributed by atoms with E-state index in [1.165, 1.54) is 0 Å². The number of hydrogen-bond donors (Lipinski definition) is 4. The summed E-state index contributed by atoms with van der Waals surface area (Å²) in [6.45, 7) is 0.611. The highest BCUT2D eigenvalue weighted by Gasteiger charge is 2.25. The Balaban J connectivity index is 2.76. The number of unbranched alkanes of at least 4 members (excludes halogenated alkanes) is 1. The Bertz CT molecular complexity index is 521. The van der Waals surface area contributed by atoms with Crippen LogP contribution in [0.2, 0.25) is 0 Å². The molecule has 0 radical (unpaired) electrons. The third kappa shape index (κ3) is 8.11. The lowest BCUT2D eigenvalue weighted by Gasteiger charge is -2.24. The fraction of sp³-hybridized carbons (Fsp3) is 0.556. The maximum absolute atomic E-state index is 12.6. The molecule has 1 aromatic carbocycles. The van der Waals surface area contributed by atoms with Crippen LogP contribution in [0.25, 0.3) is 0 Å². The number of benzene rings is 1. The third-order valence-electron chi connectivity index (χ3n) is 3.86. The molecule has 140 valence electrons. The van der Waals surface area contributed by atoms with Gasteiger partial charge in [0, 0.05) is 20.5 Å². The summed E-state index contributed by atoms with van der Waals surface area (Å²) in [6, 6.07) is 8.67. The van der Waals surface area contributed by atoms with Crippen LogP contribution in [0, 0.1) is 0 Å². The first kappa shape index (κ1) is 21.1. The van der Waals surface area contributed by atoms with E-state index >= 15 is 0 Å². The van der Waals surface area contributed by atoms with Crippen molar-refractivity contribution in [1.29, 1.82) is 0 Å². The molecule has 0 aliphatic rings. The van der Waals surface area contributed by atoms with Crippen molar-refractivity contribution in [3.8, 4) is 0 Å². The molecule has 0 heterocycles. The highest BCUT2D eigenvalue weighted by atomic mass is 16.2. The predicted octanol–water partition coefficient (Wildman–Crippen LogP) is 0.0237. The first-order chi connectivity index (χ1) is 12.0. The molecule has 0 saturated carbocycles. The number of hydrogen-bond acceptors (Lipinski definition) is 5. The molecule has 0 fully saturated rings. The van der Waals surface area contributed by atoms with Crippen LogP contribution in [0.1, 0.15) is 24.8 Å². The molecule has 0 aliphatic heterocycles. The zero-order chi connectivity index (χ0) is 18.7. The quantitative estimate of drug-likeness (QED) is 0.333. The summed E-state index contributed by atoms with van der Waals surface area (Å²) in [4.78, 5) is 25.0. The Morgan fingerprint density at radius 2 is 1.76 bits per heavy atom. The van der Waals surface area contributed by atoms with Gasteiger partial charge in [0.1, 0.15) is 6.04 Å². The molecule has 7 nitrogen and oxygen atoms in total. The fourth-order valence-corrected chi connectivity index (χ4v) is 2.53. The van der Waals surface area contributed by atoms with Crippen molar-refractivity contribution in [3.63, 3.8) is 0 Å². The number of carbonyl (C=O) groups is 2. The topological polar surface area (TPSA) is 99.5 Å². The molecule has 7 heteroatoms. The van der Waals surface area contributed by atoms with Gasteiger partial charge in [-0.1, -0.05) is 36.8 Å². The summed E-state index contributed by atoms with van der Waals surface area (Å²) < 4.78 is 0. The van der Waals surface area contributed by atoms with Gasteiger partial charge in [0.25, 0.3) is 5.91 Å². The van der Waals surface area contributed by atoms with Gasteiger partial charge in [-0.2, -0.15) is 0 Å². The summed E-state index contributed by atoms with van der Waals surface area (Å²) >= 11 is 0. The SMILES string of the molecule is CNC(CCCCN)C(=O)NC(Cc1ccccc1)C(=O)NN(C)C. The van der Waals surface area contributed by atoms with Crippen LogP contribution >= 0.6 is 0 Å². The first-order valence-electron chi connectivity index (χ1n) is 8.67. The smallest absolute Gasteiger partial charge is 0.257 e. The van der Waals surface area contributed by atoms with Gasteiger partial charge in [-0.15, -0.1) is 0 Å². The Hall–Kier alpha value is -1.96. The normalized spacial score (nSPS) is 13.3. The number of nitrogens with two attached hydrogens (primary N) is 1. The fourth-order valence-electron chi connectivity index (χ4n) is 2.53. The minimum Gasteiger partial charge on any atom is -0.343 e. The average Bonchev–Trinajstić information content (AvgIpc) is 2.58. The van der Waals surface area contributed by atoms with Crippen molar-refractivity contribution in [2.75, 3.05) is 27.7 Å². The number of nitrogens with zero attached hydrogens (tertiary/aromatic N) is 1. The van der Waals surface area contributed by atoms with Crippen LogP contribution < -0.4 is 21.8 Å². The summed E-state index contributed by atoms with van der Waals surface area (Å²) in [7, 11) is 5.23. The molecular weight excluding hydrogens is 318 g/mol. The number of rotatable bonds is 11. The summed E-state index contributed by atoms with van der Waals surface area (Å²) in [5, 5.41) is 7.46. The van der Waals surface area contributed by atoms with E-state index in [2.05, 4.69) is 16.1 Å². The molecule has 5 N–H and O–H groups in total. The molecule has 2 unspecified atom stereocenters. The molecule has 0 aromatic heterocycles. The Morgan fingerprint density at radius 3 is 2.32 bits per heavy atom. The Labute approximate surface area is 150 Å². The first-order valence-corrected chi connectivity index (χ1v) is 8.67. The lowest BCUT2D eigenvalue weighted by atomic mass is 10.0. The average molecular weight is 349 g/mol. The zero-order valence-corrected chi connectivity index (χ0v) is 15.4. The Kier molecular flexibility index (Phi) is 9.76. The highest BCUT2D eigenvalue weighted by molar-refractivity contribution is 5.89. The number of likely N-dealkylation sites (N-methyl/N-ethyl adjacent to an activating group) is 1.